The van der Waals surface area contributed by atoms with Gasteiger partial charge < -0.3 is 10.2 Å². The quantitative estimate of drug-likeness (QED) is 0.723. The summed E-state index contributed by atoms with van der Waals surface area (Å²) in [5.74, 6) is 0. The molecule has 0 atom stereocenters. The number of hydrogen-bond acceptors (Lipinski definition) is 0. The molecule has 100 valence electrons. The molecule has 1 heterocycles. The third-order valence-electron chi connectivity index (χ3n) is 4.71. The van der Waals surface area contributed by atoms with Crippen molar-refractivity contribution in [3.8, 4) is 0 Å². The topological polar surface area (TPSA) is 21.1 Å². The Morgan fingerprint density at radius 2 is 1.35 bits per heavy atom. The molecule has 1 aliphatic carbocycles. The molecule has 2 heteroatoms. The first-order valence-electron chi connectivity index (χ1n) is 8.12. The fourth-order valence-electron chi connectivity index (χ4n) is 3.55. The Hall–Kier alpha value is -0.0800. The fraction of sp³-hybridized carbons (Fsp3) is 1.00. The van der Waals surface area contributed by atoms with Crippen molar-refractivity contribution in [1.29, 1.82) is 0 Å². The zero-order valence-corrected chi connectivity index (χ0v) is 11.6. The molecule has 0 radical (unpaired) electrons. The molecule has 0 bridgehead atoms. The third-order valence-corrected chi connectivity index (χ3v) is 4.71. The van der Waals surface area contributed by atoms with Gasteiger partial charge in [0.15, 0.2) is 0 Å². The van der Waals surface area contributed by atoms with Crippen LogP contribution in [0.3, 0.4) is 0 Å². The van der Waals surface area contributed by atoms with Crippen LogP contribution in [-0.2, 0) is 0 Å². The van der Waals surface area contributed by atoms with Crippen molar-refractivity contribution in [2.45, 2.75) is 70.3 Å². The largest absolute Gasteiger partial charge is 0.339 e. The summed E-state index contributed by atoms with van der Waals surface area (Å²) in [4.78, 5) is 1.87. The van der Waals surface area contributed by atoms with Crippen LogP contribution in [0.2, 0.25) is 0 Å². The van der Waals surface area contributed by atoms with Crippen LogP contribution in [-0.4, -0.2) is 32.2 Å². The second-order valence-corrected chi connectivity index (χ2v) is 6.19. The van der Waals surface area contributed by atoms with E-state index < -0.39 is 0 Å². The van der Waals surface area contributed by atoms with Gasteiger partial charge in [-0.15, -0.1) is 0 Å². The van der Waals surface area contributed by atoms with Gasteiger partial charge in [-0.3, -0.25) is 0 Å². The van der Waals surface area contributed by atoms with Gasteiger partial charge >= 0.3 is 0 Å². The van der Waals surface area contributed by atoms with Crippen molar-refractivity contribution in [2.24, 2.45) is 0 Å². The normalized spacial score (nSPS) is 25.4. The zero-order valence-electron chi connectivity index (χ0n) is 11.6. The summed E-state index contributed by atoms with van der Waals surface area (Å²) in [6, 6.07) is 0.958. The Bertz CT molecular complexity index is 179. The van der Waals surface area contributed by atoms with Crippen LogP contribution in [0.5, 0.6) is 0 Å². The van der Waals surface area contributed by atoms with Crippen molar-refractivity contribution in [3.05, 3.63) is 0 Å². The number of hydrogen-bond donors (Lipinski definition) is 2. The standard InChI is InChI=1S/C15H30N2/c1-2-5-9-15(10-6-3-1)16-11-14-17-12-7-4-8-13-17/h15-16H,1-14H2/p+2. The summed E-state index contributed by atoms with van der Waals surface area (Å²) in [6.07, 6.45) is 14.8. The number of quaternary nitrogens is 2. The highest BCUT2D eigenvalue weighted by Gasteiger charge is 2.17. The van der Waals surface area contributed by atoms with Crippen molar-refractivity contribution >= 4 is 0 Å². The van der Waals surface area contributed by atoms with E-state index in [4.69, 9.17) is 0 Å². The van der Waals surface area contributed by atoms with Crippen molar-refractivity contribution in [2.75, 3.05) is 26.2 Å². The van der Waals surface area contributed by atoms with Gasteiger partial charge in [-0.2, -0.15) is 0 Å². The molecule has 2 aliphatic rings. The highest BCUT2D eigenvalue weighted by atomic mass is 15.1. The van der Waals surface area contributed by atoms with Crippen LogP contribution in [0.25, 0.3) is 0 Å². The number of nitrogens with two attached hydrogens (primary N) is 1. The van der Waals surface area contributed by atoms with Crippen LogP contribution in [0.15, 0.2) is 0 Å². The molecule has 0 aromatic heterocycles. The fourth-order valence-corrected chi connectivity index (χ4v) is 3.55. The lowest BCUT2D eigenvalue weighted by Gasteiger charge is -2.24. The van der Waals surface area contributed by atoms with Gasteiger partial charge in [0, 0.05) is 0 Å². The Morgan fingerprint density at radius 1 is 0.765 bits per heavy atom. The van der Waals surface area contributed by atoms with Gasteiger partial charge in [0.25, 0.3) is 0 Å². The summed E-state index contributed by atoms with van der Waals surface area (Å²) in [7, 11) is 0. The molecule has 0 unspecified atom stereocenters. The van der Waals surface area contributed by atoms with Crippen LogP contribution in [0.1, 0.15) is 64.2 Å². The molecule has 1 saturated heterocycles. The molecule has 0 spiro atoms. The van der Waals surface area contributed by atoms with Crippen LogP contribution >= 0.6 is 0 Å². The highest BCUT2D eigenvalue weighted by molar-refractivity contribution is 4.60. The molecular weight excluding hydrogens is 208 g/mol. The van der Waals surface area contributed by atoms with Crippen LogP contribution in [0, 0.1) is 0 Å². The second-order valence-electron chi connectivity index (χ2n) is 6.19. The number of nitrogens with one attached hydrogen (secondary N) is 1. The SMILES string of the molecule is C1CCCC([NH2+]CC[NH+]2CCCCC2)CCC1. The zero-order chi connectivity index (χ0) is 11.8. The molecule has 1 aliphatic heterocycles. The maximum absolute atomic E-state index is 2.67. The van der Waals surface area contributed by atoms with E-state index in [9.17, 15) is 0 Å². The molecule has 2 nitrogen and oxygen atoms in total. The summed E-state index contributed by atoms with van der Waals surface area (Å²) >= 11 is 0. The average Bonchev–Trinajstić information content (AvgIpc) is 2.33. The predicted octanol–water partition coefficient (Wildman–Crippen LogP) is 0.732. The maximum Gasteiger partial charge on any atom is 0.127 e. The first-order chi connectivity index (χ1) is 8.45. The highest BCUT2D eigenvalue weighted by Crippen LogP contribution is 2.14. The Balaban J connectivity index is 1.56. The summed E-state index contributed by atoms with van der Waals surface area (Å²) in [5.41, 5.74) is 0. The summed E-state index contributed by atoms with van der Waals surface area (Å²) < 4.78 is 0. The van der Waals surface area contributed by atoms with Crippen molar-refractivity contribution in [1.82, 2.24) is 0 Å². The Morgan fingerprint density at radius 3 is 2.06 bits per heavy atom. The van der Waals surface area contributed by atoms with E-state index in [-0.39, 0.29) is 0 Å². The van der Waals surface area contributed by atoms with Gasteiger partial charge in [-0.1, -0.05) is 19.3 Å². The van der Waals surface area contributed by atoms with Gasteiger partial charge in [0.1, 0.15) is 13.1 Å². The minimum Gasteiger partial charge on any atom is -0.339 e. The van der Waals surface area contributed by atoms with E-state index in [1.807, 2.05) is 4.90 Å². The molecule has 0 aromatic carbocycles. The predicted molar refractivity (Wildman–Crippen MR) is 72.3 cm³/mol. The van der Waals surface area contributed by atoms with Crippen molar-refractivity contribution in [3.63, 3.8) is 0 Å². The molecule has 3 N–H and O–H groups in total. The average molecular weight is 240 g/mol. The van der Waals surface area contributed by atoms with Crippen LogP contribution in [0.4, 0.5) is 0 Å². The minimum absolute atomic E-state index is 0.958. The van der Waals surface area contributed by atoms with Gasteiger partial charge in [-0.05, 0) is 44.9 Å². The third kappa shape index (κ3) is 5.39. The van der Waals surface area contributed by atoms with E-state index >= 15 is 0 Å². The first-order valence-corrected chi connectivity index (χ1v) is 8.12. The van der Waals surface area contributed by atoms with Crippen LogP contribution < -0.4 is 10.2 Å². The number of piperidine rings is 1. The van der Waals surface area contributed by atoms with Gasteiger partial charge in [-0.25, -0.2) is 0 Å². The van der Waals surface area contributed by atoms with E-state index in [0.29, 0.717) is 0 Å². The Labute approximate surface area is 107 Å². The molecule has 1 saturated carbocycles. The van der Waals surface area contributed by atoms with E-state index in [0.717, 1.165) is 6.04 Å². The van der Waals surface area contributed by atoms with Gasteiger partial charge in [0.2, 0.25) is 0 Å². The molecule has 0 amide bonds. The number of rotatable bonds is 4. The molecular formula is C15H32N2+2. The van der Waals surface area contributed by atoms with E-state index in [1.165, 1.54) is 90.4 Å². The summed E-state index contributed by atoms with van der Waals surface area (Å²) in [5, 5.41) is 2.67. The molecule has 0 aromatic rings. The molecule has 2 rings (SSSR count). The van der Waals surface area contributed by atoms with E-state index in [1.54, 1.807) is 0 Å². The maximum atomic E-state index is 2.67. The van der Waals surface area contributed by atoms with Crippen molar-refractivity contribution < 1.29 is 10.2 Å². The molecule has 2 fully saturated rings. The number of likely N-dealkylation sites (tertiary alicyclic amines) is 1. The molecule has 17 heavy (non-hydrogen) atoms. The minimum atomic E-state index is 0.958. The monoisotopic (exact) mass is 240 g/mol. The lowest BCUT2D eigenvalue weighted by Crippen LogP contribution is -3.15. The van der Waals surface area contributed by atoms with Gasteiger partial charge in [0.05, 0.1) is 19.1 Å². The smallest absolute Gasteiger partial charge is 0.127 e. The lowest BCUT2D eigenvalue weighted by atomic mass is 9.97. The lowest BCUT2D eigenvalue weighted by molar-refractivity contribution is -0.918. The Kier molecular flexibility index (Phi) is 6.36. The van der Waals surface area contributed by atoms with E-state index in [2.05, 4.69) is 5.32 Å². The summed E-state index contributed by atoms with van der Waals surface area (Å²) in [6.45, 7) is 5.67. The second kappa shape index (κ2) is 8.10. The first kappa shape index (κ1) is 13.4.